The van der Waals surface area contributed by atoms with Gasteiger partial charge in [-0.2, -0.15) is 0 Å². The van der Waals surface area contributed by atoms with E-state index in [0.717, 1.165) is 43.6 Å². The van der Waals surface area contributed by atoms with Crippen molar-refractivity contribution in [1.29, 1.82) is 0 Å². The van der Waals surface area contributed by atoms with Crippen molar-refractivity contribution in [2.24, 2.45) is 41.2 Å². The largest absolute Gasteiger partial charge is 0.391 e. The van der Waals surface area contributed by atoms with Crippen LogP contribution in [0.2, 0.25) is 5.02 Å². The third-order valence-electron chi connectivity index (χ3n) is 11.0. The molecule has 7 nitrogen and oxygen atoms in total. The van der Waals surface area contributed by atoms with Crippen LogP contribution in [0.25, 0.3) is 0 Å². The number of nitrogens with zero attached hydrogens (tertiary/aromatic N) is 2. The highest BCUT2D eigenvalue weighted by Gasteiger charge is 2.67. The van der Waals surface area contributed by atoms with Gasteiger partial charge in [-0.05, 0) is 98.7 Å². The molecule has 2 heterocycles. The number of amides is 2. The summed E-state index contributed by atoms with van der Waals surface area (Å²) in [5, 5.41) is 24.3. The summed E-state index contributed by atoms with van der Waals surface area (Å²) in [6, 6.07) is 7.45. The van der Waals surface area contributed by atoms with Crippen LogP contribution in [0.3, 0.4) is 0 Å². The van der Waals surface area contributed by atoms with Crippen LogP contribution in [0.5, 0.6) is 0 Å². The minimum absolute atomic E-state index is 0.0106. The van der Waals surface area contributed by atoms with E-state index in [1.54, 1.807) is 7.11 Å². The number of aliphatic hydroxyl groups is 2. The van der Waals surface area contributed by atoms with Crippen LogP contribution >= 0.6 is 11.6 Å². The zero-order valence-electron chi connectivity index (χ0n) is 22.6. The predicted octanol–water partition coefficient (Wildman–Crippen LogP) is 3.84. The highest BCUT2D eigenvalue weighted by molar-refractivity contribution is 6.30. The average molecular weight is 546 g/mol. The highest BCUT2D eigenvalue weighted by Crippen LogP contribution is 2.65. The number of benzene rings is 1. The fraction of sp³-hybridized carbons (Fsp3) is 0.767. The smallest absolute Gasteiger partial charge is 0.320 e. The van der Waals surface area contributed by atoms with E-state index in [0.29, 0.717) is 61.4 Å². The molecule has 6 aliphatic rings. The summed E-state index contributed by atoms with van der Waals surface area (Å²) in [5.41, 5.74) is 5.98. The quantitative estimate of drug-likeness (QED) is 0.431. The van der Waals surface area contributed by atoms with Gasteiger partial charge < -0.3 is 30.5 Å². The Hall–Kier alpha value is -1.38. The van der Waals surface area contributed by atoms with Gasteiger partial charge >= 0.3 is 6.03 Å². The third kappa shape index (κ3) is 4.28. The Balaban J connectivity index is 1.25. The maximum Gasteiger partial charge on any atom is 0.320 e. The number of ether oxygens (including phenoxy) is 1. The zero-order chi connectivity index (χ0) is 26.6. The molecule has 8 heteroatoms. The Morgan fingerprint density at radius 1 is 1.21 bits per heavy atom. The van der Waals surface area contributed by atoms with Crippen LogP contribution in [-0.4, -0.2) is 77.6 Å². The van der Waals surface area contributed by atoms with Crippen molar-refractivity contribution < 1.29 is 19.7 Å². The van der Waals surface area contributed by atoms with E-state index >= 15 is 0 Å². The normalized spacial score (nSPS) is 39.0. The van der Waals surface area contributed by atoms with Crippen molar-refractivity contribution >= 4 is 17.6 Å². The summed E-state index contributed by atoms with van der Waals surface area (Å²) >= 11 is 6.36. The monoisotopic (exact) mass is 545 g/mol. The number of halogens is 1. The van der Waals surface area contributed by atoms with Crippen LogP contribution in [0, 0.1) is 35.5 Å². The van der Waals surface area contributed by atoms with Gasteiger partial charge in [-0.25, -0.2) is 4.79 Å². The van der Waals surface area contributed by atoms with E-state index in [9.17, 15) is 15.0 Å². The lowest BCUT2D eigenvalue weighted by Gasteiger charge is -2.54. The summed E-state index contributed by atoms with van der Waals surface area (Å²) in [6.07, 6.45) is 6.97. The molecule has 2 amide bonds. The second-order valence-corrected chi connectivity index (χ2v) is 13.2. The lowest BCUT2D eigenvalue weighted by molar-refractivity contribution is -0.0859. The molecular formula is C30H44ClN3O4. The number of nitrogens with two attached hydrogens (primary N) is 1. The number of unbranched alkanes of at least 4 members (excludes halogenated alkanes) is 1. The number of hydrogen-bond donors (Lipinski definition) is 3. The first kappa shape index (κ1) is 26.8. The van der Waals surface area contributed by atoms with E-state index in [1.807, 2.05) is 34.1 Å². The van der Waals surface area contributed by atoms with Gasteiger partial charge in [0.15, 0.2) is 0 Å². The first-order valence-electron chi connectivity index (χ1n) is 14.8. The third-order valence-corrected chi connectivity index (χ3v) is 11.2. The minimum Gasteiger partial charge on any atom is -0.391 e. The number of rotatable bonds is 8. The highest BCUT2D eigenvalue weighted by atomic mass is 35.5. The van der Waals surface area contributed by atoms with Crippen molar-refractivity contribution in [3.8, 4) is 0 Å². The van der Waals surface area contributed by atoms with Crippen LogP contribution < -0.4 is 5.73 Å². The summed E-state index contributed by atoms with van der Waals surface area (Å²) in [7, 11) is 1.70. The van der Waals surface area contributed by atoms with Crippen LogP contribution in [0.1, 0.15) is 56.9 Å². The molecule has 1 unspecified atom stereocenters. The maximum atomic E-state index is 14.3. The van der Waals surface area contributed by atoms with E-state index in [2.05, 4.69) is 0 Å². The van der Waals surface area contributed by atoms with Crippen molar-refractivity contribution in [2.75, 3.05) is 33.4 Å². The van der Waals surface area contributed by atoms with Crippen molar-refractivity contribution in [1.82, 2.24) is 9.80 Å². The lowest BCUT2D eigenvalue weighted by Crippen LogP contribution is -2.67. The number of carbonyl (C=O) groups is 1. The van der Waals surface area contributed by atoms with Gasteiger partial charge in [0.05, 0.1) is 17.7 Å². The molecule has 4 N–H and O–H groups in total. The fourth-order valence-electron chi connectivity index (χ4n) is 9.56. The summed E-state index contributed by atoms with van der Waals surface area (Å²) in [5.74, 6) is 2.42. The average Bonchev–Trinajstić information content (AvgIpc) is 3.30. The first-order chi connectivity index (χ1) is 18.4. The SMILES string of the molecule is COCCCC[C@@](O)(c1cccc(Cl)c1)C1CCCN(C(=O)N2[C@@H]3[C@@H]4C[C@H]5C[C@H]4[C@@H]([C@H](O)[C@H]2CN)[C@H]3C5)C1. The van der Waals surface area contributed by atoms with Gasteiger partial charge in [-0.1, -0.05) is 23.7 Å². The van der Waals surface area contributed by atoms with Crippen LogP contribution in [0.15, 0.2) is 24.3 Å². The first-order valence-corrected chi connectivity index (χ1v) is 15.2. The number of likely N-dealkylation sites (tertiary alicyclic amines) is 2. The molecule has 7 rings (SSSR count). The molecule has 4 saturated carbocycles. The molecule has 10 atom stereocenters. The number of hydrogen-bond acceptors (Lipinski definition) is 5. The molecule has 38 heavy (non-hydrogen) atoms. The molecule has 1 aromatic carbocycles. The number of piperidine rings is 2. The molecule has 1 aromatic rings. The molecule has 2 aliphatic heterocycles. The summed E-state index contributed by atoms with van der Waals surface area (Å²) in [4.78, 5) is 18.3. The van der Waals surface area contributed by atoms with E-state index < -0.39 is 11.7 Å². The number of aliphatic hydroxyl groups excluding tert-OH is 1. The Bertz CT molecular complexity index is 1030. The van der Waals surface area contributed by atoms with Gasteiger partial charge in [0.2, 0.25) is 0 Å². The van der Waals surface area contributed by atoms with Crippen molar-refractivity contribution in [3.05, 3.63) is 34.9 Å². The lowest BCUT2D eigenvalue weighted by atomic mass is 9.67. The summed E-state index contributed by atoms with van der Waals surface area (Å²) < 4.78 is 5.25. The zero-order valence-corrected chi connectivity index (χ0v) is 23.3. The molecule has 4 aliphatic carbocycles. The summed E-state index contributed by atoms with van der Waals surface area (Å²) in [6.45, 7) is 2.11. The molecule has 6 bridgehead atoms. The Morgan fingerprint density at radius 2 is 2.00 bits per heavy atom. The topological polar surface area (TPSA) is 99.3 Å². The molecule has 2 saturated heterocycles. The maximum absolute atomic E-state index is 14.3. The van der Waals surface area contributed by atoms with Gasteiger partial charge in [-0.15, -0.1) is 0 Å². The predicted molar refractivity (Wildman–Crippen MR) is 147 cm³/mol. The van der Waals surface area contributed by atoms with E-state index in [4.69, 9.17) is 22.1 Å². The number of urea groups is 1. The van der Waals surface area contributed by atoms with Gasteiger partial charge in [0.1, 0.15) is 0 Å². The Kier molecular flexibility index (Phi) is 7.45. The van der Waals surface area contributed by atoms with E-state index in [1.165, 1.54) is 12.8 Å². The second kappa shape index (κ2) is 10.5. The fourth-order valence-corrected chi connectivity index (χ4v) is 9.75. The van der Waals surface area contributed by atoms with Gasteiger partial charge in [-0.3, -0.25) is 0 Å². The minimum atomic E-state index is -1.08. The molecule has 0 aromatic heterocycles. The molecule has 0 spiro atoms. The van der Waals surface area contributed by atoms with Crippen LogP contribution in [-0.2, 0) is 10.3 Å². The van der Waals surface area contributed by atoms with Crippen LogP contribution in [0.4, 0.5) is 4.79 Å². The molecular weight excluding hydrogens is 502 g/mol. The standard InChI is InChI=1S/C30H44ClN3O4/c1-38-11-3-2-9-30(37,19-6-4-8-21(31)15-19)20-7-5-10-33(17-20)29(36)34-25(16-32)28(35)26-22-12-18-13-23(22)27(34)24(26)14-18/h4,6,8,15,18,20,22-28,35,37H,2-3,5,7,9-14,16-17,32H2,1H3/t18-,20?,22-,23-,24-,25-,26-,27-,28-,30-/m1/s1. The number of carbonyl (C=O) groups excluding carboxylic acids is 1. The Morgan fingerprint density at radius 3 is 2.76 bits per heavy atom. The van der Waals surface area contributed by atoms with E-state index in [-0.39, 0.29) is 24.0 Å². The van der Waals surface area contributed by atoms with Gasteiger partial charge in [0, 0.05) is 50.3 Å². The van der Waals surface area contributed by atoms with Crippen molar-refractivity contribution in [3.63, 3.8) is 0 Å². The Labute approximate surface area is 231 Å². The molecule has 210 valence electrons. The van der Waals surface area contributed by atoms with Crippen molar-refractivity contribution in [2.45, 2.75) is 75.2 Å². The van der Waals surface area contributed by atoms with Gasteiger partial charge in [0.25, 0.3) is 0 Å². The number of methoxy groups -OCH3 is 1. The second-order valence-electron chi connectivity index (χ2n) is 12.8. The molecule has 0 radical (unpaired) electrons. The molecule has 6 fully saturated rings.